The number of aromatic nitrogens is 2. The maximum atomic E-state index is 8.93. The Morgan fingerprint density at radius 1 is 1.12 bits per heavy atom. The second kappa shape index (κ2) is 3.99. The van der Waals surface area contributed by atoms with Crippen molar-refractivity contribution < 1.29 is 9.52 Å². The molecule has 0 aliphatic rings. The van der Waals surface area contributed by atoms with Gasteiger partial charge in [0.1, 0.15) is 11.8 Å². The quantitative estimate of drug-likeness (QED) is 0.728. The molecule has 0 aliphatic heterocycles. The summed E-state index contributed by atoms with van der Waals surface area (Å²) in [6.45, 7) is -0.0492. The van der Waals surface area contributed by atoms with Crippen molar-refractivity contribution in [2.45, 2.75) is 6.61 Å². The lowest BCUT2D eigenvalue weighted by atomic mass is 10.1. The van der Waals surface area contributed by atoms with Crippen molar-refractivity contribution in [3.8, 4) is 11.4 Å². The average Bonchev–Trinajstić information content (AvgIpc) is 2.83. The zero-order valence-corrected chi connectivity index (χ0v) is 9.00. The molecule has 1 aromatic carbocycles. The molecule has 3 aromatic rings. The molecule has 0 spiro atoms. The summed E-state index contributed by atoms with van der Waals surface area (Å²) in [6.07, 6.45) is 4.88. The van der Waals surface area contributed by atoms with Crippen LogP contribution in [0.4, 0.5) is 0 Å². The maximum Gasteiger partial charge on any atom is 0.163 e. The number of aliphatic hydroxyl groups excluding tert-OH is 1. The first kappa shape index (κ1) is 9.99. The standard InChI is InChI=1S/C13H10N2O2/c16-7-9-5-14-13(15-6-9)11-8-17-12-4-2-1-3-10(11)12/h1-6,8,16H,7H2. The number of furan rings is 1. The second-order valence-electron chi connectivity index (χ2n) is 3.72. The Bertz CT molecular complexity index is 644. The van der Waals surface area contributed by atoms with Crippen molar-refractivity contribution in [1.82, 2.24) is 9.97 Å². The number of fused-ring (bicyclic) bond motifs is 1. The molecular formula is C13H10N2O2. The summed E-state index contributed by atoms with van der Waals surface area (Å²) in [5, 5.41) is 9.92. The summed E-state index contributed by atoms with van der Waals surface area (Å²) in [5.74, 6) is 0.604. The van der Waals surface area contributed by atoms with Crippen molar-refractivity contribution in [2.75, 3.05) is 0 Å². The van der Waals surface area contributed by atoms with Crippen molar-refractivity contribution in [3.63, 3.8) is 0 Å². The van der Waals surface area contributed by atoms with Gasteiger partial charge >= 0.3 is 0 Å². The first-order valence-electron chi connectivity index (χ1n) is 5.27. The Labute approximate surface area is 97.6 Å². The predicted octanol–water partition coefficient (Wildman–Crippen LogP) is 2.38. The van der Waals surface area contributed by atoms with E-state index < -0.39 is 0 Å². The van der Waals surface area contributed by atoms with Gasteiger partial charge in [-0.05, 0) is 6.07 Å². The van der Waals surface area contributed by atoms with Gasteiger partial charge in [-0.25, -0.2) is 9.97 Å². The van der Waals surface area contributed by atoms with E-state index in [1.807, 2.05) is 24.3 Å². The minimum absolute atomic E-state index is 0.0492. The molecule has 0 unspecified atom stereocenters. The van der Waals surface area contributed by atoms with Crippen LogP contribution in [0.3, 0.4) is 0 Å². The normalized spacial score (nSPS) is 10.9. The lowest BCUT2D eigenvalue weighted by molar-refractivity contribution is 0.281. The van der Waals surface area contributed by atoms with Crippen molar-refractivity contribution in [1.29, 1.82) is 0 Å². The van der Waals surface area contributed by atoms with Crippen LogP contribution in [0.1, 0.15) is 5.56 Å². The number of rotatable bonds is 2. The molecule has 0 bridgehead atoms. The van der Waals surface area contributed by atoms with E-state index in [0.29, 0.717) is 11.4 Å². The molecule has 2 heterocycles. The van der Waals surface area contributed by atoms with Crippen LogP contribution >= 0.6 is 0 Å². The molecule has 4 heteroatoms. The van der Waals surface area contributed by atoms with Gasteiger partial charge in [0, 0.05) is 23.3 Å². The van der Waals surface area contributed by atoms with Gasteiger partial charge in [0.25, 0.3) is 0 Å². The minimum atomic E-state index is -0.0492. The lowest BCUT2D eigenvalue weighted by Gasteiger charge is -1.98. The van der Waals surface area contributed by atoms with E-state index in [1.54, 1.807) is 18.7 Å². The van der Waals surface area contributed by atoms with Crippen LogP contribution in [0.25, 0.3) is 22.4 Å². The third-order valence-corrected chi connectivity index (χ3v) is 2.61. The van der Waals surface area contributed by atoms with Crippen LogP contribution in [0, 0.1) is 0 Å². The summed E-state index contributed by atoms with van der Waals surface area (Å²) >= 11 is 0. The number of benzene rings is 1. The molecule has 0 fully saturated rings. The molecule has 3 rings (SSSR count). The molecule has 0 saturated carbocycles. The van der Waals surface area contributed by atoms with Crippen molar-refractivity contribution in [2.24, 2.45) is 0 Å². The van der Waals surface area contributed by atoms with Gasteiger partial charge in [-0.1, -0.05) is 18.2 Å². The first-order valence-corrected chi connectivity index (χ1v) is 5.27. The molecule has 4 nitrogen and oxygen atoms in total. The van der Waals surface area contributed by atoms with Gasteiger partial charge in [-0.2, -0.15) is 0 Å². The summed E-state index contributed by atoms with van der Waals surface area (Å²) in [6, 6.07) is 7.74. The predicted molar refractivity (Wildman–Crippen MR) is 63.2 cm³/mol. The average molecular weight is 226 g/mol. The topological polar surface area (TPSA) is 59.2 Å². The van der Waals surface area contributed by atoms with E-state index in [0.717, 1.165) is 16.5 Å². The van der Waals surface area contributed by atoms with Gasteiger partial charge in [0.15, 0.2) is 5.82 Å². The van der Waals surface area contributed by atoms with Crippen LogP contribution in [0.5, 0.6) is 0 Å². The fourth-order valence-corrected chi connectivity index (χ4v) is 1.73. The fourth-order valence-electron chi connectivity index (χ4n) is 1.73. The van der Waals surface area contributed by atoms with Gasteiger partial charge in [0.2, 0.25) is 0 Å². The highest BCUT2D eigenvalue weighted by Crippen LogP contribution is 2.27. The SMILES string of the molecule is OCc1cnc(-c2coc3ccccc23)nc1. The van der Waals surface area contributed by atoms with Crippen molar-refractivity contribution in [3.05, 3.63) is 48.5 Å². The number of hydrogen-bond donors (Lipinski definition) is 1. The highest BCUT2D eigenvalue weighted by Gasteiger charge is 2.09. The smallest absolute Gasteiger partial charge is 0.163 e. The third-order valence-electron chi connectivity index (χ3n) is 2.61. The molecule has 0 saturated heterocycles. The summed E-state index contributed by atoms with van der Waals surface area (Å²) in [4.78, 5) is 8.42. The highest BCUT2D eigenvalue weighted by molar-refractivity contribution is 5.91. The third kappa shape index (κ3) is 1.68. The minimum Gasteiger partial charge on any atom is -0.464 e. The molecule has 2 aromatic heterocycles. The van der Waals surface area contributed by atoms with Gasteiger partial charge < -0.3 is 9.52 Å². The molecule has 1 N–H and O–H groups in total. The Kier molecular flexibility index (Phi) is 2.34. The highest BCUT2D eigenvalue weighted by atomic mass is 16.3. The Morgan fingerprint density at radius 2 is 1.88 bits per heavy atom. The molecular weight excluding hydrogens is 216 g/mol. The van der Waals surface area contributed by atoms with E-state index in [2.05, 4.69) is 9.97 Å². The fraction of sp³-hybridized carbons (Fsp3) is 0.0769. The van der Waals surface area contributed by atoms with Crippen molar-refractivity contribution >= 4 is 11.0 Å². The number of aliphatic hydroxyl groups is 1. The number of para-hydroxylation sites is 1. The maximum absolute atomic E-state index is 8.93. The largest absolute Gasteiger partial charge is 0.464 e. The lowest BCUT2D eigenvalue weighted by Crippen LogP contribution is -1.91. The Hall–Kier alpha value is -2.20. The van der Waals surface area contributed by atoms with Crippen LogP contribution in [-0.4, -0.2) is 15.1 Å². The Balaban J connectivity index is 2.13. The molecule has 17 heavy (non-hydrogen) atoms. The van der Waals surface area contributed by atoms with Crippen LogP contribution in [-0.2, 0) is 6.61 Å². The molecule has 0 amide bonds. The van der Waals surface area contributed by atoms with Gasteiger partial charge in [-0.15, -0.1) is 0 Å². The van der Waals surface area contributed by atoms with Crippen LogP contribution in [0.15, 0.2) is 47.3 Å². The van der Waals surface area contributed by atoms with E-state index in [-0.39, 0.29) is 6.61 Å². The Morgan fingerprint density at radius 3 is 2.65 bits per heavy atom. The summed E-state index contributed by atoms with van der Waals surface area (Å²) in [7, 11) is 0. The molecule has 84 valence electrons. The van der Waals surface area contributed by atoms with E-state index in [1.165, 1.54) is 0 Å². The monoisotopic (exact) mass is 226 g/mol. The number of nitrogens with zero attached hydrogens (tertiary/aromatic N) is 2. The van der Waals surface area contributed by atoms with E-state index in [9.17, 15) is 0 Å². The second-order valence-corrected chi connectivity index (χ2v) is 3.72. The van der Waals surface area contributed by atoms with Crippen LogP contribution < -0.4 is 0 Å². The van der Waals surface area contributed by atoms with E-state index >= 15 is 0 Å². The number of hydrogen-bond acceptors (Lipinski definition) is 4. The summed E-state index contributed by atoms with van der Waals surface area (Å²) in [5.41, 5.74) is 2.38. The molecule has 0 aliphatic carbocycles. The van der Waals surface area contributed by atoms with Gasteiger partial charge in [-0.3, -0.25) is 0 Å². The molecule has 0 radical (unpaired) electrons. The zero-order chi connectivity index (χ0) is 11.7. The zero-order valence-electron chi connectivity index (χ0n) is 9.00. The first-order chi connectivity index (χ1) is 8.38. The van der Waals surface area contributed by atoms with E-state index in [4.69, 9.17) is 9.52 Å². The van der Waals surface area contributed by atoms with Crippen LogP contribution in [0.2, 0.25) is 0 Å². The summed E-state index contributed by atoms with van der Waals surface area (Å²) < 4.78 is 5.43. The van der Waals surface area contributed by atoms with Gasteiger partial charge in [0.05, 0.1) is 12.2 Å². The molecule has 0 atom stereocenters.